The lowest BCUT2D eigenvalue weighted by Crippen LogP contribution is -2.13. The molecule has 22 nitrogen and oxygen atoms in total. The number of nitrogen functional groups attached to an aromatic ring is 2. The molecule has 4 aromatic heterocycles. The number of carboxylic acids is 2. The standard InChI is InChI=1S/C35H34N14O8S2/c1-34(2,3)26-24(28(36)48(46-26)18-7-16(30(52)53)9-20(11-18)56-14-50)40-44-32-42-38-22(58-32)13-23-39-43-33(59-23)45-41-25-27(35(4,5)6)47-49(29(25)37)19-8-17(31(54)55)10-21(12-19)57-15-51/h7-12,14-15H,13,36-37H2,1-6H3,(H,52,53)(H,54,55). The molecule has 0 aliphatic carbocycles. The van der Waals surface area contributed by atoms with Crippen LogP contribution < -0.4 is 20.9 Å². The highest BCUT2D eigenvalue weighted by atomic mass is 32.1. The minimum atomic E-state index is -1.25. The summed E-state index contributed by atoms with van der Waals surface area (Å²) < 4.78 is 12.4. The number of aromatic carboxylic acids is 2. The highest BCUT2D eigenvalue weighted by Crippen LogP contribution is 2.40. The van der Waals surface area contributed by atoms with Gasteiger partial charge in [0.25, 0.3) is 23.2 Å². The maximum Gasteiger partial charge on any atom is 0.335 e. The van der Waals surface area contributed by atoms with Gasteiger partial charge in [-0.3, -0.25) is 9.59 Å². The van der Waals surface area contributed by atoms with Crippen LogP contribution in [-0.4, -0.2) is 75.1 Å². The van der Waals surface area contributed by atoms with Gasteiger partial charge in [-0.1, -0.05) is 64.2 Å². The zero-order valence-electron chi connectivity index (χ0n) is 32.0. The summed E-state index contributed by atoms with van der Waals surface area (Å²) in [5.74, 6) is -2.44. The summed E-state index contributed by atoms with van der Waals surface area (Å²) in [5, 5.41) is 63.8. The number of hydrogen-bond acceptors (Lipinski definition) is 20. The monoisotopic (exact) mass is 842 g/mol. The topological polar surface area (TPSA) is 316 Å². The van der Waals surface area contributed by atoms with Crippen molar-refractivity contribution in [1.82, 2.24) is 40.0 Å². The molecule has 0 fully saturated rings. The summed E-state index contributed by atoms with van der Waals surface area (Å²) in [7, 11) is 0. The van der Waals surface area contributed by atoms with Crippen molar-refractivity contribution in [2.75, 3.05) is 11.5 Å². The number of rotatable bonds is 14. The van der Waals surface area contributed by atoms with Crippen LogP contribution in [0.15, 0.2) is 56.9 Å². The maximum absolute atomic E-state index is 11.8. The predicted molar refractivity (Wildman–Crippen MR) is 212 cm³/mol. The first-order chi connectivity index (χ1) is 27.9. The Morgan fingerprint density at radius 2 is 1.05 bits per heavy atom. The SMILES string of the molecule is CC(C)(C)c1nn(-c2cc(OC=O)cc(C(=O)O)c2)c(N)c1N=Nc1nnc(Cc2nnc(N=Nc3c(C(C)(C)C)nn(-c4cc(OC=O)cc(C(=O)O)c4)c3N)s2)s1. The number of nitrogens with zero attached hydrogens (tertiary/aromatic N) is 12. The van der Waals surface area contributed by atoms with Gasteiger partial charge in [0.2, 0.25) is 0 Å². The van der Waals surface area contributed by atoms with Crippen molar-refractivity contribution >= 4 is 80.8 Å². The molecular weight excluding hydrogens is 809 g/mol. The molecule has 0 bridgehead atoms. The first-order valence-electron chi connectivity index (χ1n) is 17.1. The van der Waals surface area contributed by atoms with Gasteiger partial charge in [0.05, 0.1) is 40.3 Å². The fourth-order valence-electron chi connectivity index (χ4n) is 5.38. The molecule has 0 radical (unpaired) electrons. The van der Waals surface area contributed by atoms with E-state index >= 15 is 0 Å². The largest absolute Gasteiger partial charge is 0.478 e. The van der Waals surface area contributed by atoms with Crippen LogP contribution in [0.1, 0.15) is 83.7 Å². The van der Waals surface area contributed by atoms with Crippen LogP contribution in [0.3, 0.4) is 0 Å². The van der Waals surface area contributed by atoms with Crippen LogP contribution >= 0.6 is 22.7 Å². The van der Waals surface area contributed by atoms with Crippen molar-refractivity contribution < 1.29 is 38.9 Å². The van der Waals surface area contributed by atoms with E-state index in [-0.39, 0.29) is 86.6 Å². The minimum Gasteiger partial charge on any atom is -0.478 e. The van der Waals surface area contributed by atoms with Gasteiger partial charge in [-0.2, -0.15) is 10.2 Å². The number of azo groups is 2. The van der Waals surface area contributed by atoms with Gasteiger partial charge in [-0.05, 0) is 24.3 Å². The maximum atomic E-state index is 11.8. The first-order valence-corrected chi connectivity index (χ1v) is 18.7. The number of aromatic nitrogens is 8. The number of nitrogens with two attached hydrogens (primary N) is 2. The summed E-state index contributed by atoms with van der Waals surface area (Å²) in [6.07, 6.45) is 0.233. The summed E-state index contributed by atoms with van der Waals surface area (Å²) in [5.41, 5.74) is 13.3. The van der Waals surface area contributed by atoms with Crippen LogP contribution in [0.4, 0.5) is 33.3 Å². The molecule has 6 N–H and O–H groups in total. The Bertz CT molecular complexity index is 2490. The molecule has 0 unspecified atom stereocenters. The first kappa shape index (κ1) is 41.3. The van der Waals surface area contributed by atoms with E-state index in [1.165, 1.54) is 45.8 Å². The third-order valence-electron chi connectivity index (χ3n) is 8.03. The number of carbonyl (C=O) groups excluding carboxylic acids is 2. The average molecular weight is 843 g/mol. The van der Waals surface area contributed by atoms with E-state index in [1.807, 2.05) is 41.5 Å². The molecule has 0 saturated heterocycles. The Morgan fingerprint density at radius 3 is 1.39 bits per heavy atom. The fraction of sp³-hybridized carbons (Fsp3) is 0.257. The van der Waals surface area contributed by atoms with Crippen molar-refractivity contribution in [3.63, 3.8) is 0 Å². The number of ether oxygens (including phenoxy) is 2. The smallest absolute Gasteiger partial charge is 0.335 e. The molecule has 59 heavy (non-hydrogen) atoms. The number of hydrogen-bond donors (Lipinski definition) is 4. The van der Waals surface area contributed by atoms with Crippen molar-refractivity contribution in [3.8, 4) is 22.9 Å². The summed E-state index contributed by atoms with van der Waals surface area (Å²) in [6.45, 7) is 11.7. The third kappa shape index (κ3) is 9.12. The molecule has 304 valence electrons. The van der Waals surface area contributed by atoms with E-state index in [0.29, 0.717) is 21.4 Å². The number of carboxylic acid groups (broad SMARTS) is 2. The van der Waals surface area contributed by atoms with Gasteiger partial charge in [0.1, 0.15) is 21.5 Å². The molecule has 6 aromatic rings. The predicted octanol–water partition coefficient (Wildman–Crippen LogP) is 6.41. The van der Waals surface area contributed by atoms with Crippen molar-refractivity contribution in [2.24, 2.45) is 20.5 Å². The van der Waals surface area contributed by atoms with Crippen LogP contribution in [0.5, 0.6) is 11.5 Å². The Labute approximate surface area is 341 Å². The molecule has 0 spiro atoms. The number of carbonyl (C=O) groups is 4. The van der Waals surface area contributed by atoms with Crippen LogP contribution in [0.25, 0.3) is 11.4 Å². The zero-order valence-corrected chi connectivity index (χ0v) is 33.6. The lowest BCUT2D eigenvalue weighted by molar-refractivity contribution is -0.121. The highest BCUT2D eigenvalue weighted by Gasteiger charge is 2.29. The second kappa shape index (κ2) is 16.3. The molecule has 24 heteroatoms. The van der Waals surface area contributed by atoms with E-state index in [2.05, 4.69) is 51.0 Å². The van der Waals surface area contributed by atoms with E-state index in [4.69, 9.17) is 20.9 Å². The Kier molecular flexibility index (Phi) is 11.4. The Hall–Kier alpha value is -7.34. The van der Waals surface area contributed by atoms with E-state index in [0.717, 1.165) is 22.7 Å². The molecule has 2 aromatic carbocycles. The number of anilines is 2. The van der Waals surface area contributed by atoms with Crippen LogP contribution in [0.2, 0.25) is 0 Å². The Balaban J connectivity index is 1.23. The van der Waals surface area contributed by atoms with Crippen molar-refractivity contribution in [2.45, 2.75) is 58.8 Å². The second-order valence-corrected chi connectivity index (χ2v) is 16.6. The zero-order chi connectivity index (χ0) is 42.8. The normalized spacial score (nSPS) is 12.0. The molecule has 4 heterocycles. The third-order valence-corrected chi connectivity index (χ3v) is 9.65. The van der Waals surface area contributed by atoms with Crippen LogP contribution in [-0.2, 0) is 26.8 Å². The summed E-state index contributed by atoms with van der Waals surface area (Å²) >= 11 is 2.28. The molecule has 0 amide bonds. The van der Waals surface area contributed by atoms with E-state index in [9.17, 15) is 29.4 Å². The van der Waals surface area contributed by atoms with Gasteiger partial charge in [0, 0.05) is 23.0 Å². The molecular formula is C35H34N14O8S2. The summed E-state index contributed by atoms with van der Waals surface area (Å²) in [6, 6.07) is 7.87. The lowest BCUT2D eigenvalue weighted by atomic mass is 9.91. The molecule has 0 saturated carbocycles. The minimum absolute atomic E-state index is 0.0189. The average Bonchev–Trinajstić information content (AvgIpc) is 3.95. The van der Waals surface area contributed by atoms with Crippen molar-refractivity contribution in [1.29, 1.82) is 0 Å². The number of benzene rings is 2. The molecule has 0 atom stereocenters. The second-order valence-electron chi connectivity index (χ2n) is 14.5. The van der Waals surface area contributed by atoms with Crippen molar-refractivity contribution in [3.05, 3.63) is 68.9 Å². The van der Waals surface area contributed by atoms with E-state index < -0.39 is 22.8 Å². The van der Waals surface area contributed by atoms with Crippen LogP contribution in [0, 0.1) is 0 Å². The van der Waals surface area contributed by atoms with Gasteiger partial charge in [-0.25, -0.2) is 19.0 Å². The van der Waals surface area contributed by atoms with Gasteiger partial charge < -0.3 is 31.2 Å². The highest BCUT2D eigenvalue weighted by molar-refractivity contribution is 7.16. The van der Waals surface area contributed by atoms with Gasteiger partial charge in [0.15, 0.2) is 23.0 Å². The molecule has 6 rings (SSSR count). The fourth-order valence-corrected chi connectivity index (χ4v) is 6.80. The van der Waals surface area contributed by atoms with Gasteiger partial charge >= 0.3 is 11.9 Å². The quantitative estimate of drug-likeness (QED) is 0.0680. The Morgan fingerprint density at radius 1 is 0.661 bits per heavy atom. The van der Waals surface area contributed by atoms with Gasteiger partial charge in [-0.15, -0.1) is 40.9 Å². The lowest BCUT2D eigenvalue weighted by Gasteiger charge is -2.15. The summed E-state index contributed by atoms with van der Waals surface area (Å²) in [4.78, 5) is 45.5. The van der Waals surface area contributed by atoms with E-state index in [1.54, 1.807) is 0 Å². The molecule has 0 aliphatic rings. The molecule has 0 aliphatic heterocycles.